The van der Waals surface area contributed by atoms with Crippen LogP contribution in [0.4, 0.5) is 4.39 Å². The lowest BCUT2D eigenvalue weighted by Gasteiger charge is -2.19. The monoisotopic (exact) mass is 333 g/mol. The van der Waals surface area contributed by atoms with Crippen molar-refractivity contribution in [2.45, 2.75) is 31.9 Å². The molecule has 0 spiro atoms. The fourth-order valence-electron chi connectivity index (χ4n) is 2.24. The zero-order valence-electron chi connectivity index (χ0n) is 12.7. The summed E-state index contributed by atoms with van der Waals surface area (Å²) < 4.78 is 19.0. The molecule has 0 aliphatic heterocycles. The van der Waals surface area contributed by atoms with Gasteiger partial charge in [-0.1, -0.05) is 23.7 Å². The number of carbonyl (C=O) groups excluding carboxylic acids is 1. The van der Waals surface area contributed by atoms with Gasteiger partial charge >= 0.3 is 0 Å². The van der Waals surface area contributed by atoms with Gasteiger partial charge in [-0.3, -0.25) is 4.79 Å². The third-order valence-corrected chi connectivity index (χ3v) is 4.14. The highest BCUT2D eigenvalue weighted by atomic mass is 35.5. The van der Waals surface area contributed by atoms with E-state index in [0.717, 1.165) is 18.4 Å². The number of amides is 1. The molecule has 0 aromatic heterocycles. The quantitative estimate of drug-likeness (QED) is 0.891. The van der Waals surface area contributed by atoms with Crippen LogP contribution in [0.25, 0.3) is 0 Å². The van der Waals surface area contributed by atoms with E-state index in [1.165, 1.54) is 12.1 Å². The first-order valence-corrected chi connectivity index (χ1v) is 7.89. The van der Waals surface area contributed by atoms with Crippen molar-refractivity contribution >= 4 is 17.5 Å². The zero-order chi connectivity index (χ0) is 16.4. The van der Waals surface area contributed by atoms with E-state index in [1.807, 2.05) is 6.92 Å². The molecular formula is C18H17ClFNO2. The van der Waals surface area contributed by atoms with Crippen LogP contribution >= 0.6 is 11.6 Å². The first-order chi connectivity index (χ1) is 11.0. The van der Waals surface area contributed by atoms with Crippen molar-refractivity contribution in [1.29, 1.82) is 0 Å². The van der Waals surface area contributed by atoms with Crippen LogP contribution in [0.2, 0.25) is 5.02 Å². The van der Waals surface area contributed by atoms with Crippen molar-refractivity contribution in [3.05, 3.63) is 64.4 Å². The molecule has 2 aromatic rings. The summed E-state index contributed by atoms with van der Waals surface area (Å²) in [6.45, 7) is 1.87. The number of halogens is 2. The number of nitrogens with one attached hydrogen (secondary N) is 1. The Morgan fingerprint density at radius 3 is 2.57 bits per heavy atom. The number of carbonyl (C=O) groups is 1. The molecule has 23 heavy (non-hydrogen) atoms. The first-order valence-electron chi connectivity index (χ1n) is 7.51. The van der Waals surface area contributed by atoms with E-state index in [9.17, 15) is 9.18 Å². The Labute approximate surface area is 139 Å². The summed E-state index contributed by atoms with van der Waals surface area (Å²) in [6.07, 6.45) is 1.15. The van der Waals surface area contributed by atoms with Crippen molar-refractivity contribution in [2.75, 3.05) is 0 Å². The topological polar surface area (TPSA) is 38.3 Å². The Bertz CT molecular complexity index is 713. The number of benzene rings is 2. The van der Waals surface area contributed by atoms with E-state index in [-0.39, 0.29) is 17.8 Å². The fraction of sp³-hybridized carbons (Fsp3) is 0.278. The lowest BCUT2D eigenvalue weighted by molar-refractivity contribution is -0.128. The number of hydrogen-bond acceptors (Lipinski definition) is 2. The lowest BCUT2D eigenvalue weighted by atomic mass is 10.1. The molecule has 0 bridgehead atoms. The predicted octanol–water partition coefficient (Wildman–Crippen LogP) is 4.19. The minimum Gasteiger partial charge on any atom is -0.476 e. The molecule has 120 valence electrons. The van der Waals surface area contributed by atoms with Crippen LogP contribution in [0.1, 0.15) is 30.1 Å². The molecule has 5 heteroatoms. The van der Waals surface area contributed by atoms with Crippen molar-refractivity contribution < 1.29 is 13.9 Å². The van der Waals surface area contributed by atoms with E-state index in [4.69, 9.17) is 16.3 Å². The standard InChI is InChI=1S/C18H17ClFNO2/c1-11-10-15(8-9-16(11)19)23-17(18(22)21-14-6-7-14)12-2-4-13(20)5-3-12/h2-5,8-10,14,17H,6-7H2,1H3,(H,21,22). The van der Waals surface area contributed by atoms with E-state index >= 15 is 0 Å². The summed E-state index contributed by atoms with van der Waals surface area (Å²) in [5.41, 5.74) is 1.47. The van der Waals surface area contributed by atoms with Gasteiger partial charge in [0.1, 0.15) is 11.6 Å². The normalized spacial score (nSPS) is 15.1. The highest BCUT2D eigenvalue weighted by molar-refractivity contribution is 6.31. The molecule has 0 heterocycles. The van der Waals surface area contributed by atoms with Gasteiger partial charge in [0, 0.05) is 16.6 Å². The second-order valence-electron chi connectivity index (χ2n) is 5.74. The van der Waals surface area contributed by atoms with Gasteiger partial charge in [0.15, 0.2) is 0 Å². The van der Waals surface area contributed by atoms with Gasteiger partial charge in [0.05, 0.1) is 0 Å². The molecule has 1 N–H and O–H groups in total. The van der Waals surface area contributed by atoms with E-state index in [1.54, 1.807) is 30.3 Å². The number of aryl methyl sites for hydroxylation is 1. The Kier molecular flexibility index (Phi) is 4.53. The fourth-order valence-corrected chi connectivity index (χ4v) is 2.36. The molecule has 1 atom stereocenters. The smallest absolute Gasteiger partial charge is 0.266 e. The predicted molar refractivity (Wildman–Crippen MR) is 87.1 cm³/mol. The molecule has 1 saturated carbocycles. The Morgan fingerprint density at radius 2 is 1.96 bits per heavy atom. The summed E-state index contributed by atoms with van der Waals surface area (Å²) in [6, 6.07) is 11.2. The molecule has 1 aliphatic carbocycles. The summed E-state index contributed by atoms with van der Waals surface area (Å²) in [5.74, 6) is -0.0173. The molecular weight excluding hydrogens is 317 g/mol. The Balaban J connectivity index is 1.85. The van der Waals surface area contributed by atoms with Crippen LogP contribution < -0.4 is 10.1 Å². The Hall–Kier alpha value is -2.07. The third kappa shape index (κ3) is 4.02. The molecule has 2 aromatic carbocycles. The third-order valence-electron chi connectivity index (χ3n) is 3.72. The van der Waals surface area contributed by atoms with Crippen LogP contribution in [-0.4, -0.2) is 11.9 Å². The van der Waals surface area contributed by atoms with Crippen molar-refractivity contribution in [3.63, 3.8) is 0 Å². The highest BCUT2D eigenvalue weighted by Gasteiger charge is 2.29. The summed E-state index contributed by atoms with van der Waals surface area (Å²) in [5, 5.41) is 3.57. The Morgan fingerprint density at radius 1 is 1.26 bits per heavy atom. The molecule has 1 fully saturated rings. The zero-order valence-corrected chi connectivity index (χ0v) is 13.4. The minimum atomic E-state index is -0.822. The second-order valence-corrected chi connectivity index (χ2v) is 6.15. The van der Waals surface area contributed by atoms with Gasteiger partial charge < -0.3 is 10.1 Å². The number of rotatable bonds is 5. The summed E-state index contributed by atoms with van der Waals surface area (Å²) in [4.78, 5) is 12.5. The van der Waals surface area contributed by atoms with Crippen LogP contribution in [0.3, 0.4) is 0 Å². The van der Waals surface area contributed by atoms with Gasteiger partial charge in [-0.05, 0) is 55.7 Å². The molecule has 1 amide bonds. The first kappa shape index (κ1) is 15.8. The van der Waals surface area contributed by atoms with Crippen molar-refractivity contribution in [2.24, 2.45) is 0 Å². The lowest BCUT2D eigenvalue weighted by Crippen LogP contribution is -2.33. The second kappa shape index (κ2) is 6.59. The maximum atomic E-state index is 13.1. The van der Waals surface area contributed by atoms with Gasteiger partial charge in [-0.15, -0.1) is 0 Å². The average molecular weight is 334 g/mol. The van der Waals surface area contributed by atoms with E-state index < -0.39 is 6.10 Å². The SMILES string of the molecule is Cc1cc(OC(C(=O)NC2CC2)c2ccc(F)cc2)ccc1Cl. The van der Waals surface area contributed by atoms with E-state index in [0.29, 0.717) is 16.3 Å². The maximum Gasteiger partial charge on any atom is 0.266 e. The molecule has 0 saturated heterocycles. The van der Waals surface area contributed by atoms with Crippen LogP contribution in [0, 0.1) is 12.7 Å². The van der Waals surface area contributed by atoms with Crippen molar-refractivity contribution in [3.8, 4) is 5.75 Å². The maximum absolute atomic E-state index is 13.1. The van der Waals surface area contributed by atoms with E-state index in [2.05, 4.69) is 5.32 Å². The van der Waals surface area contributed by atoms with Crippen LogP contribution in [-0.2, 0) is 4.79 Å². The molecule has 1 aliphatic rings. The van der Waals surface area contributed by atoms with Gasteiger partial charge in [0.2, 0.25) is 6.10 Å². The molecule has 3 rings (SSSR count). The molecule has 1 unspecified atom stereocenters. The average Bonchev–Trinajstić information content (AvgIpc) is 3.33. The van der Waals surface area contributed by atoms with Gasteiger partial charge in [0.25, 0.3) is 5.91 Å². The minimum absolute atomic E-state index is 0.216. The molecule has 3 nitrogen and oxygen atoms in total. The largest absolute Gasteiger partial charge is 0.476 e. The van der Waals surface area contributed by atoms with Crippen LogP contribution in [0.15, 0.2) is 42.5 Å². The van der Waals surface area contributed by atoms with Gasteiger partial charge in [-0.2, -0.15) is 0 Å². The number of hydrogen-bond donors (Lipinski definition) is 1. The summed E-state index contributed by atoms with van der Waals surface area (Å²) >= 11 is 6.01. The number of ether oxygens (including phenoxy) is 1. The summed E-state index contributed by atoms with van der Waals surface area (Å²) in [7, 11) is 0. The highest BCUT2D eigenvalue weighted by Crippen LogP contribution is 2.28. The van der Waals surface area contributed by atoms with Crippen LogP contribution in [0.5, 0.6) is 5.75 Å². The molecule has 0 radical (unpaired) electrons. The van der Waals surface area contributed by atoms with Gasteiger partial charge in [-0.25, -0.2) is 4.39 Å². The van der Waals surface area contributed by atoms with Crippen molar-refractivity contribution in [1.82, 2.24) is 5.32 Å².